The van der Waals surface area contributed by atoms with Gasteiger partial charge in [0.15, 0.2) is 0 Å². The third kappa shape index (κ3) is 7.98. The molecule has 3 aromatic carbocycles. The molecule has 1 amide bonds. The lowest BCUT2D eigenvalue weighted by Gasteiger charge is -2.38. The van der Waals surface area contributed by atoms with E-state index in [1.54, 1.807) is 6.08 Å². The smallest absolute Gasteiger partial charge is 0.410 e. The van der Waals surface area contributed by atoms with E-state index in [0.29, 0.717) is 12.5 Å². The van der Waals surface area contributed by atoms with Crippen LogP contribution in [0.4, 0.5) is 4.79 Å². The molecule has 2 heterocycles. The molecule has 42 heavy (non-hydrogen) atoms. The summed E-state index contributed by atoms with van der Waals surface area (Å²) in [6.45, 7) is 10.6. The van der Waals surface area contributed by atoms with Crippen LogP contribution >= 0.6 is 0 Å². The van der Waals surface area contributed by atoms with Crippen LogP contribution in [0, 0.1) is 6.92 Å². The van der Waals surface area contributed by atoms with Gasteiger partial charge >= 0.3 is 6.09 Å². The third-order valence-corrected chi connectivity index (χ3v) is 8.24. The van der Waals surface area contributed by atoms with E-state index in [9.17, 15) is 4.79 Å². The number of hydrogen-bond acceptors (Lipinski definition) is 4. The Balaban J connectivity index is 1.15. The fraction of sp³-hybridized carbons (Fsp3) is 0.333. The van der Waals surface area contributed by atoms with Gasteiger partial charge in [-0.25, -0.2) is 9.78 Å². The third-order valence-electron chi connectivity index (χ3n) is 8.24. The zero-order valence-electron chi connectivity index (χ0n) is 24.6. The van der Waals surface area contributed by atoms with Crippen LogP contribution in [0.3, 0.4) is 0 Å². The number of carbonyl (C=O) groups excluding carboxylic acids is 1. The van der Waals surface area contributed by atoms with Gasteiger partial charge < -0.3 is 19.1 Å². The number of imidazole rings is 1. The molecule has 4 aromatic rings. The second kappa shape index (κ2) is 14.6. The Hall–Kier alpha value is -4.16. The average molecular weight is 563 g/mol. The molecule has 0 saturated carbocycles. The summed E-state index contributed by atoms with van der Waals surface area (Å²) >= 11 is 0. The molecular formula is C36H42N4O2. The molecule has 6 heteroatoms. The van der Waals surface area contributed by atoms with E-state index in [-0.39, 0.29) is 18.7 Å². The molecule has 0 aliphatic carbocycles. The van der Waals surface area contributed by atoms with E-state index in [1.165, 1.54) is 11.1 Å². The molecule has 0 bridgehead atoms. The maximum atomic E-state index is 13.0. The van der Waals surface area contributed by atoms with E-state index >= 15 is 0 Å². The fourth-order valence-corrected chi connectivity index (χ4v) is 5.78. The Morgan fingerprint density at radius 3 is 2.40 bits per heavy atom. The Morgan fingerprint density at radius 2 is 1.71 bits per heavy atom. The van der Waals surface area contributed by atoms with Crippen molar-refractivity contribution in [3.63, 3.8) is 0 Å². The zero-order valence-corrected chi connectivity index (χ0v) is 24.6. The van der Waals surface area contributed by atoms with Gasteiger partial charge in [-0.3, -0.25) is 0 Å². The molecule has 5 rings (SSSR count). The second-order valence-electron chi connectivity index (χ2n) is 11.3. The number of nitrogens with zero attached hydrogens (tertiary/aromatic N) is 4. The summed E-state index contributed by atoms with van der Waals surface area (Å²) in [5.74, 6) is 0.385. The number of hydrogen-bond donors (Lipinski definition) is 0. The molecule has 0 spiro atoms. The molecule has 1 aliphatic heterocycles. The molecule has 1 aliphatic rings. The molecule has 0 radical (unpaired) electrons. The van der Waals surface area contributed by atoms with Crippen molar-refractivity contribution in [3.05, 3.63) is 127 Å². The molecular weight excluding hydrogens is 520 g/mol. The standard InChI is InChI=1S/C36H42N4O2/c1-3-21-40(36(41)42-27-30-16-14-29(2)15-17-30)34-19-23-38(24-20-34)22-18-33(31-10-6-4-7-11-31)25-39-26-35(37-28-39)32-12-8-5-9-13-32/h3-17,26,28,33-34H,1,18-25,27H2,2H3. The molecule has 1 saturated heterocycles. The number of aromatic nitrogens is 2. The molecule has 1 atom stereocenters. The fourth-order valence-electron chi connectivity index (χ4n) is 5.78. The highest BCUT2D eigenvalue weighted by Crippen LogP contribution is 2.26. The first-order valence-electron chi connectivity index (χ1n) is 15.0. The van der Waals surface area contributed by atoms with E-state index in [2.05, 4.69) is 88.7 Å². The largest absolute Gasteiger partial charge is 0.445 e. The zero-order chi connectivity index (χ0) is 29.1. The lowest BCUT2D eigenvalue weighted by atomic mass is 9.94. The van der Waals surface area contributed by atoms with E-state index in [0.717, 1.165) is 62.3 Å². The van der Waals surface area contributed by atoms with E-state index in [1.807, 2.05) is 41.6 Å². The normalized spacial score (nSPS) is 14.8. The molecule has 1 aromatic heterocycles. The first kappa shape index (κ1) is 29.3. The Morgan fingerprint density at radius 1 is 1.02 bits per heavy atom. The predicted octanol–water partition coefficient (Wildman–Crippen LogP) is 7.32. The number of benzene rings is 3. The number of amides is 1. The average Bonchev–Trinajstić information content (AvgIpc) is 3.51. The summed E-state index contributed by atoms with van der Waals surface area (Å²) in [6.07, 6.45) is 8.58. The van der Waals surface area contributed by atoms with Gasteiger partial charge in [-0.2, -0.15) is 0 Å². The highest BCUT2D eigenvalue weighted by atomic mass is 16.6. The van der Waals surface area contributed by atoms with Crippen molar-refractivity contribution in [3.8, 4) is 11.3 Å². The van der Waals surface area contributed by atoms with Gasteiger partial charge in [0.2, 0.25) is 0 Å². The van der Waals surface area contributed by atoms with Gasteiger partial charge in [0.25, 0.3) is 0 Å². The SMILES string of the molecule is C=CCN(C(=O)OCc1ccc(C)cc1)C1CCN(CCC(Cn2cnc(-c3ccccc3)c2)c2ccccc2)CC1. The molecule has 218 valence electrons. The second-order valence-corrected chi connectivity index (χ2v) is 11.3. The summed E-state index contributed by atoms with van der Waals surface area (Å²) in [5.41, 5.74) is 5.70. The number of likely N-dealkylation sites (tertiary alicyclic amines) is 1. The van der Waals surface area contributed by atoms with Gasteiger partial charge in [0.05, 0.1) is 12.0 Å². The first-order chi connectivity index (χ1) is 20.6. The van der Waals surface area contributed by atoms with Crippen molar-refractivity contribution in [2.24, 2.45) is 0 Å². The van der Waals surface area contributed by atoms with E-state index in [4.69, 9.17) is 4.74 Å². The summed E-state index contributed by atoms with van der Waals surface area (Å²) < 4.78 is 7.92. The number of rotatable bonds is 12. The predicted molar refractivity (Wildman–Crippen MR) is 169 cm³/mol. The van der Waals surface area contributed by atoms with Crippen molar-refractivity contribution in [1.82, 2.24) is 19.4 Å². The van der Waals surface area contributed by atoms with Gasteiger partial charge in [-0.15, -0.1) is 6.58 Å². The van der Waals surface area contributed by atoms with Gasteiger partial charge in [-0.05, 0) is 43.9 Å². The van der Waals surface area contributed by atoms with Crippen molar-refractivity contribution in [2.75, 3.05) is 26.2 Å². The van der Waals surface area contributed by atoms with Crippen LogP contribution in [0.2, 0.25) is 0 Å². The minimum atomic E-state index is -0.256. The highest BCUT2D eigenvalue weighted by Gasteiger charge is 2.28. The van der Waals surface area contributed by atoms with E-state index < -0.39 is 0 Å². The van der Waals surface area contributed by atoms with Crippen LogP contribution in [0.25, 0.3) is 11.3 Å². The van der Waals surface area contributed by atoms with Gasteiger partial charge in [0, 0.05) is 49.9 Å². The molecule has 1 unspecified atom stereocenters. The van der Waals surface area contributed by atoms with Crippen LogP contribution < -0.4 is 0 Å². The quantitative estimate of drug-likeness (QED) is 0.170. The summed E-state index contributed by atoms with van der Waals surface area (Å²) in [7, 11) is 0. The lowest BCUT2D eigenvalue weighted by Crippen LogP contribution is -2.47. The van der Waals surface area contributed by atoms with Gasteiger partial charge in [0.1, 0.15) is 6.61 Å². The van der Waals surface area contributed by atoms with Crippen molar-refractivity contribution >= 4 is 6.09 Å². The molecule has 6 nitrogen and oxygen atoms in total. The van der Waals surface area contributed by atoms with Crippen LogP contribution in [-0.4, -0.2) is 57.7 Å². The van der Waals surface area contributed by atoms with Crippen LogP contribution in [0.15, 0.2) is 110 Å². The number of carbonyl (C=O) groups is 1. The van der Waals surface area contributed by atoms with Crippen LogP contribution in [0.5, 0.6) is 0 Å². The minimum Gasteiger partial charge on any atom is -0.445 e. The van der Waals surface area contributed by atoms with Crippen molar-refractivity contribution in [1.29, 1.82) is 0 Å². The summed E-state index contributed by atoms with van der Waals surface area (Å²) in [6, 6.07) is 29.4. The van der Waals surface area contributed by atoms with Crippen molar-refractivity contribution in [2.45, 2.75) is 51.3 Å². The van der Waals surface area contributed by atoms with Gasteiger partial charge in [-0.1, -0.05) is 96.6 Å². The number of aryl methyl sites for hydroxylation is 1. The molecule has 1 fully saturated rings. The Bertz CT molecular complexity index is 1390. The monoisotopic (exact) mass is 562 g/mol. The Labute approximate surface area is 250 Å². The minimum absolute atomic E-state index is 0.164. The number of ether oxygens (including phenoxy) is 1. The van der Waals surface area contributed by atoms with Crippen molar-refractivity contribution < 1.29 is 9.53 Å². The van der Waals surface area contributed by atoms with Crippen LogP contribution in [0.1, 0.15) is 41.9 Å². The highest BCUT2D eigenvalue weighted by molar-refractivity contribution is 5.68. The summed E-state index contributed by atoms with van der Waals surface area (Å²) in [5, 5.41) is 0. The topological polar surface area (TPSA) is 50.6 Å². The number of piperidine rings is 1. The summed E-state index contributed by atoms with van der Waals surface area (Å²) in [4.78, 5) is 22.1. The Kier molecular flexibility index (Phi) is 10.2. The lowest BCUT2D eigenvalue weighted by molar-refractivity contribution is 0.0654. The maximum Gasteiger partial charge on any atom is 0.410 e. The maximum absolute atomic E-state index is 13.0. The molecule has 0 N–H and O–H groups in total. The first-order valence-corrected chi connectivity index (χ1v) is 15.0. The van der Waals surface area contributed by atoms with Crippen LogP contribution in [-0.2, 0) is 17.9 Å².